The highest BCUT2D eigenvalue weighted by molar-refractivity contribution is 5.92. The summed E-state index contributed by atoms with van der Waals surface area (Å²) in [4.78, 5) is 11.4. The summed E-state index contributed by atoms with van der Waals surface area (Å²) in [5.41, 5.74) is 0.468. The molecule has 0 aliphatic heterocycles. The minimum atomic E-state index is -0.364. The van der Waals surface area contributed by atoms with Crippen molar-refractivity contribution in [1.29, 1.82) is 0 Å². The van der Waals surface area contributed by atoms with Crippen molar-refractivity contribution in [3.63, 3.8) is 0 Å². The number of amides is 1. The van der Waals surface area contributed by atoms with Crippen molar-refractivity contribution in [3.8, 4) is 0 Å². The van der Waals surface area contributed by atoms with Crippen LogP contribution in [0.15, 0.2) is 36.9 Å². The first-order valence-corrected chi connectivity index (χ1v) is 5.09. The van der Waals surface area contributed by atoms with Crippen molar-refractivity contribution in [2.75, 3.05) is 18.4 Å². The Morgan fingerprint density at radius 2 is 2.31 bits per heavy atom. The van der Waals surface area contributed by atoms with E-state index in [1.165, 1.54) is 12.1 Å². The number of nitrogens with one attached hydrogen (secondary N) is 2. The van der Waals surface area contributed by atoms with Gasteiger partial charge in [0, 0.05) is 5.69 Å². The van der Waals surface area contributed by atoms with E-state index in [-0.39, 0.29) is 18.3 Å². The standard InChI is InChI=1S/C12H15FN2O/c1-2-3-7-14-9-12(16)15-11-6-4-5-10(13)8-11/h2,4-6,8,14H,1,3,7,9H2,(H,15,16). The van der Waals surface area contributed by atoms with Crippen LogP contribution >= 0.6 is 0 Å². The zero-order valence-corrected chi connectivity index (χ0v) is 9.00. The molecule has 0 aliphatic rings. The van der Waals surface area contributed by atoms with Gasteiger partial charge in [-0.25, -0.2) is 4.39 Å². The van der Waals surface area contributed by atoms with Gasteiger partial charge in [-0.2, -0.15) is 0 Å². The first kappa shape index (κ1) is 12.4. The summed E-state index contributed by atoms with van der Waals surface area (Å²) in [6.45, 7) is 4.49. The second-order valence-corrected chi connectivity index (χ2v) is 3.31. The molecule has 0 radical (unpaired) electrons. The maximum Gasteiger partial charge on any atom is 0.238 e. The fourth-order valence-corrected chi connectivity index (χ4v) is 1.18. The molecule has 0 atom stereocenters. The van der Waals surface area contributed by atoms with Gasteiger partial charge in [-0.15, -0.1) is 6.58 Å². The third-order valence-electron chi connectivity index (χ3n) is 1.92. The normalized spacial score (nSPS) is 9.81. The topological polar surface area (TPSA) is 41.1 Å². The fourth-order valence-electron chi connectivity index (χ4n) is 1.18. The third kappa shape index (κ3) is 4.70. The van der Waals surface area contributed by atoms with Crippen LogP contribution in [0, 0.1) is 5.82 Å². The smallest absolute Gasteiger partial charge is 0.238 e. The average Bonchev–Trinajstić information content (AvgIpc) is 2.24. The summed E-state index contributed by atoms with van der Waals surface area (Å²) in [7, 11) is 0. The molecule has 3 nitrogen and oxygen atoms in total. The van der Waals surface area contributed by atoms with Crippen molar-refractivity contribution in [1.82, 2.24) is 5.32 Å². The lowest BCUT2D eigenvalue weighted by molar-refractivity contribution is -0.115. The molecule has 0 spiro atoms. The van der Waals surface area contributed by atoms with Crippen LogP contribution in [0.25, 0.3) is 0 Å². The first-order valence-electron chi connectivity index (χ1n) is 5.09. The maximum atomic E-state index is 12.8. The van der Waals surface area contributed by atoms with Gasteiger partial charge in [-0.3, -0.25) is 4.79 Å². The zero-order valence-electron chi connectivity index (χ0n) is 9.00. The summed E-state index contributed by atoms with van der Waals surface area (Å²) in [5, 5.41) is 5.54. The lowest BCUT2D eigenvalue weighted by Crippen LogP contribution is -2.28. The Balaban J connectivity index is 2.31. The quantitative estimate of drug-likeness (QED) is 0.570. The van der Waals surface area contributed by atoms with Crippen molar-refractivity contribution < 1.29 is 9.18 Å². The van der Waals surface area contributed by atoms with Gasteiger partial charge in [0.25, 0.3) is 0 Å². The Morgan fingerprint density at radius 3 is 3.00 bits per heavy atom. The van der Waals surface area contributed by atoms with Crippen LogP contribution in [0.5, 0.6) is 0 Å². The molecule has 16 heavy (non-hydrogen) atoms. The Labute approximate surface area is 94.4 Å². The van der Waals surface area contributed by atoms with E-state index in [9.17, 15) is 9.18 Å². The molecule has 86 valence electrons. The molecule has 0 bridgehead atoms. The molecule has 0 unspecified atom stereocenters. The molecular formula is C12H15FN2O. The summed E-state index contributed by atoms with van der Waals surface area (Å²) in [5.74, 6) is -0.549. The number of hydrogen-bond acceptors (Lipinski definition) is 2. The molecule has 0 aliphatic carbocycles. The molecule has 0 saturated heterocycles. The summed E-state index contributed by atoms with van der Waals surface area (Å²) < 4.78 is 12.8. The predicted molar refractivity (Wildman–Crippen MR) is 62.7 cm³/mol. The molecule has 2 N–H and O–H groups in total. The molecule has 1 aromatic rings. The molecule has 0 fully saturated rings. The first-order chi connectivity index (χ1) is 7.72. The van der Waals surface area contributed by atoms with Crippen molar-refractivity contribution >= 4 is 11.6 Å². The number of hydrogen-bond donors (Lipinski definition) is 2. The molecule has 0 aromatic heterocycles. The van der Waals surface area contributed by atoms with Gasteiger partial charge >= 0.3 is 0 Å². The second kappa shape index (κ2) is 6.74. The van der Waals surface area contributed by atoms with Crippen LogP contribution in [0.1, 0.15) is 6.42 Å². The predicted octanol–water partition coefficient (Wildman–Crippen LogP) is 1.93. The minimum Gasteiger partial charge on any atom is -0.325 e. The number of rotatable bonds is 6. The molecule has 0 heterocycles. The summed E-state index contributed by atoms with van der Waals surface area (Å²) in [6, 6.07) is 5.81. The van der Waals surface area contributed by atoms with Gasteiger partial charge in [0.15, 0.2) is 0 Å². The van der Waals surface area contributed by atoms with E-state index in [1.54, 1.807) is 18.2 Å². The van der Waals surface area contributed by atoms with Crippen LogP contribution in [-0.4, -0.2) is 19.0 Å². The van der Waals surface area contributed by atoms with Gasteiger partial charge < -0.3 is 10.6 Å². The van der Waals surface area contributed by atoms with Crippen molar-refractivity contribution in [3.05, 3.63) is 42.7 Å². The number of halogens is 1. The lowest BCUT2D eigenvalue weighted by Gasteiger charge is -2.05. The van der Waals surface area contributed by atoms with Crippen molar-refractivity contribution in [2.24, 2.45) is 0 Å². The van der Waals surface area contributed by atoms with Gasteiger partial charge in [-0.05, 0) is 31.2 Å². The molecule has 1 rings (SSSR count). The zero-order chi connectivity index (χ0) is 11.8. The Morgan fingerprint density at radius 1 is 1.50 bits per heavy atom. The minimum absolute atomic E-state index is 0.185. The van der Waals surface area contributed by atoms with Gasteiger partial charge in [-0.1, -0.05) is 12.1 Å². The van der Waals surface area contributed by atoms with Crippen LogP contribution in [0.3, 0.4) is 0 Å². The summed E-state index contributed by atoms with van der Waals surface area (Å²) >= 11 is 0. The van der Waals surface area contributed by atoms with Crippen LogP contribution in [0.2, 0.25) is 0 Å². The maximum absolute atomic E-state index is 12.8. The highest BCUT2D eigenvalue weighted by Crippen LogP contribution is 2.08. The molecule has 0 saturated carbocycles. The number of anilines is 1. The summed E-state index contributed by atoms with van der Waals surface area (Å²) in [6.07, 6.45) is 2.59. The van der Waals surface area contributed by atoms with E-state index >= 15 is 0 Å². The number of carbonyl (C=O) groups is 1. The fraction of sp³-hybridized carbons (Fsp3) is 0.250. The lowest BCUT2D eigenvalue weighted by atomic mass is 10.3. The SMILES string of the molecule is C=CCCNCC(=O)Nc1cccc(F)c1. The van der Waals surface area contributed by atoms with Crippen LogP contribution in [0.4, 0.5) is 10.1 Å². The highest BCUT2D eigenvalue weighted by Gasteiger charge is 2.01. The Bertz CT molecular complexity index is 366. The highest BCUT2D eigenvalue weighted by atomic mass is 19.1. The third-order valence-corrected chi connectivity index (χ3v) is 1.92. The largest absolute Gasteiger partial charge is 0.325 e. The van der Waals surface area contributed by atoms with E-state index in [1.807, 2.05) is 0 Å². The van der Waals surface area contributed by atoms with E-state index < -0.39 is 0 Å². The van der Waals surface area contributed by atoms with Gasteiger partial charge in [0.2, 0.25) is 5.91 Å². The molecular weight excluding hydrogens is 207 g/mol. The van der Waals surface area contributed by atoms with E-state index in [4.69, 9.17) is 0 Å². The monoisotopic (exact) mass is 222 g/mol. The van der Waals surface area contributed by atoms with E-state index in [0.29, 0.717) is 12.2 Å². The second-order valence-electron chi connectivity index (χ2n) is 3.31. The Hall–Kier alpha value is -1.68. The number of benzene rings is 1. The number of carbonyl (C=O) groups excluding carboxylic acids is 1. The molecule has 1 aromatic carbocycles. The van der Waals surface area contributed by atoms with E-state index in [2.05, 4.69) is 17.2 Å². The Kier molecular flexibility index (Phi) is 5.22. The average molecular weight is 222 g/mol. The molecule has 4 heteroatoms. The van der Waals surface area contributed by atoms with Crippen LogP contribution < -0.4 is 10.6 Å². The van der Waals surface area contributed by atoms with Gasteiger partial charge in [0.05, 0.1) is 6.54 Å². The van der Waals surface area contributed by atoms with Crippen molar-refractivity contribution in [2.45, 2.75) is 6.42 Å². The molecule has 1 amide bonds. The van der Waals surface area contributed by atoms with Crippen LogP contribution in [-0.2, 0) is 4.79 Å². The van der Waals surface area contributed by atoms with E-state index in [0.717, 1.165) is 6.42 Å². The van der Waals surface area contributed by atoms with Gasteiger partial charge in [0.1, 0.15) is 5.82 Å².